The van der Waals surface area contributed by atoms with Crippen molar-refractivity contribution in [3.8, 4) is 0 Å². The van der Waals surface area contributed by atoms with Crippen LogP contribution in [0.1, 0.15) is 17.1 Å². The van der Waals surface area contributed by atoms with Gasteiger partial charge in [-0.15, -0.1) is 11.3 Å². The Morgan fingerprint density at radius 2 is 2.15 bits per heavy atom. The summed E-state index contributed by atoms with van der Waals surface area (Å²) in [5, 5.41) is 9.79. The molecule has 1 aliphatic rings. The van der Waals surface area contributed by atoms with Crippen LogP contribution in [0.25, 0.3) is 0 Å². The van der Waals surface area contributed by atoms with Gasteiger partial charge in [0.2, 0.25) is 5.91 Å². The van der Waals surface area contributed by atoms with Crippen LogP contribution in [0.5, 0.6) is 0 Å². The highest BCUT2D eigenvalue weighted by molar-refractivity contribution is 7.09. The number of amides is 1. The highest BCUT2D eigenvalue weighted by Gasteiger charge is 2.49. The number of thiazole rings is 1. The Labute approximate surface area is 116 Å². The summed E-state index contributed by atoms with van der Waals surface area (Å²) in [6.07, 6.45) is -4.22. The fourth-order valence-electron chi connectivity index (χ4n) is 1.82. The predicted octanol–water partition coefficient (Wildman–Crippen LogP) is 1.84. The summed E-state index contributed by atoms with van der Waals surface area (Å²) in [5.74, 6) is -2.64. The van der Waals surface area contributed by atoms with Gasteiger partial charge >= 0.3 is 12.1 Å². The Morgan fingerprint density at radius 3 is 2.60 bits per heavy atom. The molecule has 1 aliphatic carbocycles. The quantitative estimate of drug-likeness (QED) is 0.921. The van der Waals surface area contributed by atoms with Crippen LogP contribution < -0.4 is 0 Å². The summed E-state index contributed by atoms with van der Waals surface area (Å²) in [7, 11) is 1.42. The van der Waals surface area contributed by atoms with E-state index < -0.39 is 29.7 Å². The first-order valence-corrected chi connectivity index (χ1v) is 6.57. The maximum Gasteiger partial charge on any atom is 0.434 e. The van der Waals surface area contributed by atoms with E-state index in [-0.39, 0.29) is 23.9 Å². The van der Waals surface area contributed by atoms with Gasteiger partial charge in [-0.05, 0) is 6.42 Å². The number of carboxylic acid groups (broad SMARTS) is 1. The number of carbonyl (C=O) groups is 2. The van der Waals surface area contributed by atoms with Crippen molar-refractivity contribution in [2.75, 3.05) is 7.05 Å². The van der Waals surface area contributed by atoms with Crippen molar-refractivity contribution in [1.29, 1.82) is 0 Å². The maximum absolute atomic E-state index is 12.4. The zero-order valence-electron chi connectivity index (χ0n) is 10.3. The lowest BCUT2D eigenvalue weighted by Crippen LogP contribution is -2.28. The van der Waals surface area contributed by atoms with Crippen molar-refractivity contribution >= 4 is 23.2 Å². The zero-order chi connectivity index (χ0) is 15.1. The smallest absolute Gasteiger partial charge is 0.434 e. The second kappa shape index (κ2) is 5.04. The molecule has 110 valence electrons. The number of aliphatic carboxylic acids is 1. The normalized spacial score (nSPS) is 21.6. The topological polar surface area (TPSA) is 70.5 Å². The molecule has 1 saturated carbocycles. The van der Waals surface area contributed by atoms with Gasteiger partial charge in [0.1, 0.15) is 5.01 Å². The lowest BCUT2D eigenvalue weighted by atomic mass is 10.3. The standard InChI is InChI=1S/C11H11F3N2O3S/c1-16(9(17)5-2-6(5)10(18)19)3-8-15-7(4-20-8)11(12,13)14/h4-6H,2-3H2,1H3,(H,18,19)/t5-,6+/m0/s1. The Morgan fingerprint density at radius 1 is 1.50 bits per heavy atom. The number of aromatic nitrogens is 1. The number of hydrogen-bond donors (Lipinski definition) is 1. The van der Waals surface area contributed by atoms with Gasteiger partial charge in [0.05, 0.1) is 18.4 Å². The predicted molar refractivity (Wildman–Crippen MR) is 62.8 cm³/mol. The third-order valence-electron chi connectivity index (χ3n) is 3.02. The molecule has 9 heteroatoms. The van der Waals surface area contributed by atoms with Gasteiger partial charge in [-0.1, -0.05) is 0 Å². The zero-order valence-corrected chi connectivity index (χ0v) is 11.2. The number of halogens is 3. The van der Waals surface area contributed by atoms with E-state index in [4.69, 9.17) is 5.11 Å². The molecule has 5 nitrogen and oxygen atoms in total. The largest absolute Gasteiger partial charge is 0.481 e. The monoisotopic (exact) mass is 308 g/mol. The molecule has 1 heterocycles. The van der Waals surface area contributed by atoms with E-state index in [0.717, 1.165) is 16.7 Å². The van der Waals surface area contributed by atoms with Crippen molar-refractivity contribution in [2.24, 2.45) is 11.8 Å². The Kier molecular flexibility index (Phi) is 3.72. The fraction of sp³-hybridized carbons (Fsp3) is 0.545. The van der Waals surface area contributed by atoms with Gasteiger partial charge in [-0.2, -0.15) is 13.2 Å². The first kappa shape index (κ1) is 14.8. The van der Waals surface area contributed by atoms with Crippen LogP contribution >= 0.6 is 11.3 Å². The van der Waals surface area contributed by atoms with Gasteiger partial charge in [-0.25, -0.2) is 4.98 Å². The molecule has 1 aromatic heterocycles. The average Bonchev–Trinajstić information content (AvgIpc) is 3.00. The van der Waals surface area contributed by atoms with Crippen LogP contribution in [0.3, 0.4) is 0 Å². The molecule has 0 spiro atoms. The Hall–Kier alpha value is -1.64. The van der Waals surface area contributed by atoms with Crippen molar-refractivity contribution < 1.29 is 27.9 Å². The molecule has 0 aromatic carbocycles. The van der Waals surface area contributed by atoms with E-state index in [1.807, 2.05) is 0 Å². The van der Waals surface area contributed by atoms with Crippen molar-refractivity contribution in [3.05, 3.63) is 16.1 Å². The Balaban J connectivity index is 1.95. The third-order valence-corrected chi connectivity index (χ3v) is 3.85. The van der Waals surface area contributed by atoms with E-state index in [1.54, 1.807) is 0 Å². The first-order chi connectivity index (χ1) is 9.20. The van der Waals surface area contributed by atoms with Crippen LogP contribution in [0.15, 0.2) is 5.38 Å². The van der Waals surface area contributed by atoms with Crippen LogP contribution in [0, 0.1) is 11.8 Å². The maximum atomic E-state index is 12.4. The molecule has 20 heavy (non-hydrogen) atoms. The lowest BCUT2D eigenvalue weighted by Gasteiger charge is -2.15. The molecule has 0 aliphatic heterocycles. The van der Waals surface area contributed by atoms with Gasteiger partial charge in [0, 0.05) is 12.4 Å². The summed E-state index contributed by atoms with van der Waals surface area (Å²) < 4.78 is 37.1. The highest BCUT2D eigenvalue weighted by Crippen LogP contribution is 2.40. The third kappa shape index (κ3) is 3.09. The molecule has 1 aromatic rings. The average molecular weight is 308 g/mol. The van der Waals surface area contributed by atoms with Gasteiger partial charge in [0.25, 0.3) is 0 Å². The SMILES string of the molecule is CN(Cc1nc(C(F)(F)F)cs1)C(=O)[C@H]1C[C@H]1C(=O)O. The first-order valence-electron chi connectivity index (χ1n) is 5.69. The van der Waals surface area contributed by atoms with Crippen molar-refractivity contribution in [1.82, 2.24) is 9.88 Å². The summed E-state index contributed by atoms with van der Waals surface area (Å²) in [6, 6.07) is 0. The molecule has 1 fully saturated rings. The molecule has 0 unspecified atom stereocenters. The molecular formula is C11H11F3N2O3S. The summed E-state index contributed by atoms with van der Waals surface area (Å²) in [4.78, 5) is 27.1. The van der Waals surface area contributed by atoms with E-state index in [9.17, 15) is 22.8 Å². The van der Waals surface area contributed by atoms with Crippen molar-refractivity contribution in [2.45, 2.75) is 19.1 Å². The van der Waals surface area contributed by atoms with Gasteiger partial charge in [0.15, 0.2) is 5.69 Å². The number of hydrogen-bond acceptors (Lipinski definition) is 4. The molecule has 0 saturated heterocycles. The minimum absolute atomic E-state index is 0.0532. The van der Waals surface area contributed by atoms with E-state index >= 15 is 0 Å². The molecule has 0 bridgehead atoms. The lowest BCUT2D eigenvalue weighted by molar-refractivity contribution is -0.142. The Bertz CT molecular complexity index is 543. The van der Waals surface area contributed by atoms with E-state index in [0.29, 0.717) is 0 Å². The second-order valence-electron chi connectivity index (χ2n) is 4.61. The van der Waals surface area contributed by atoms with Crippen LogP contribution in [-0.4, -0.2) is 33.9 Å². The molecule has 2 atom stereocenters. The number of rotatable bonds is 4. The molecule has 2 rings (SSSR count). The molecule has 1 N–H and O–H groups in total. The fourth-order valence-corrected chi connectivity index (χ4v) is 2.67. The van der Waals surface area contributed by atoms with Crippen molar-refractivity contribution in [3.63, 3.8) is 0 Å². The number of carbonyl (C=O) groups excluding carboxylic acids is 1. The number of alkyl halides is 3. The number of carboxylic acids is 1. The van der Waals surface area contributed by atoms with Crippen LogP contribution in [0.4, 0.5) is 13.2 Å². The van der Waals surface area contributed by atoms with Crippen LogP contribution in [-0.2, 0) is 22.3 Å². The molecular weight excluding hydrogens is 297 g/mol. The number of nitrogens with zero attached hydrogens (tertiary/aromatic N) is 2. The van der Waals surface area contributed by atoms with Crippen LogP contribution in [0.2, 0.25) is 0 Å². The van der Waals surface area contributed by atoms with Gasteiger partial charge in [-0.3, -0.25) is 9.59 Å². The summed E-state index contributed by atoms with van der Waals surface area (Å²) in [5.41, 5.74) is -0.979. The molecule has 0 radical (unpaired) electrons. The molecule has 1 amide bonds. The highest BCUT2D eigenvalue weighted by atomic mass is 32.1. The minimum atomic E-state index is -4.50. The van der Waals surface area contributed by atoms with E-state index in [2.05, 4.69) is 4.98 Å². The summed E-state index contributed by atoms with van der Waals surface area (Å²) >= 11 is 0.820. The summed E-state index contributed by atoms with van der Waals surface area (Å²) in [6.45, 7) is -0.0532. The van der Waals surface area contributed by atoms with Gasteiger partial charge < -0.3 is 10.0 Å². The minimum Gasteiger partial charge on any atom is -0.481 e. The van der Waals surface area contributed by atoms with E-state index in [1.165, 1.54) is 11.9 Å². The second-order valence-corrected chi connectivity index (χ2v) is 5.55.